The lowest BCUT2D eigenvalue weighted by Crippen LogP contribution is -2.02. The topological polar surface area (TPSA) is 159 Å². The number of carboxylic acid groups (broad SMARTS) is 1. The molecule has 13 heteroatoms. The van der Waals surface area contributed by atoms with Crippen LogP contribution >= 0.6 is 11.6 Å². The molecule has 11 nitrogen and oxygen atoms in total. The highest BCUT2D eigenvalue weighted by Crippen LogP contribution is 2.33. The molecule has 0 saturated heterocycles. The number of carboxylic acids is 1. The Kier molecular flexibility index (Phi) is 11.3. The van der Waals surface area contributed by atoms with Gasteiger partial charge in [-0.2, -0.15) is 0 Å². The number of hydrogen-bond donors (Lipinski definition) is 3. The fraction of sp³-hybridized carbons (Fsp3) is 0.0800. The molecule has 0 aliphatic heterocycles. The van der Waals surface area contributed by atoms with Gasteiger partial charge in [-0.3, -0.25) is 19.9 Å². The van der Waals surface area contributed by atoms with Crippen LogP contribution in [-0.2, 0) is 12.8 Å². The van der Waals surface area contributed by atoms with Crippen molar-refractivity contribution < 1.29 is 14.3 Å². The molecule has 10 aromatic rings. The average molecular weight is 850 g/mol. The van der Waals surface area contributed by atoms with Gasteiger partial charge < -0.3 is 15.1 Å². The SMILES string of the molecule is Cc1cccc(-c2[nH]c(Cc3ccc(F)c(C(=O)O)c3)nc2-c2ccc3ncccc3c2)n1.Cc1cccc(-c2[nH]c(Cc3cccc(Cl)n3)nc2-c2ccc3ncccc3c2)n1. The lowest BCUT2D eigenvalue weighted by Gasteiger charge is -2.05. The Bertz CT molecular complexity index is 3310. The number of imidazole rings is 2. The molecule has 308 valence electrons. The minimum atomic E-state index is -1.30. The number of rotatable bonds is 9. The number of nitrogens with zero attached hydrogens (tertiary/aromatic N) is 7. The molecule has 0 spiro atoms. The van der Waals surface area contributed by atoms with E-state index in [1.165, 1.54) is 12.1 Å². The molecule has 3 aromatic carbocycles. The number of aromatic carboxylic acids is 1. The summed E-state index contributed by atoms with van der Waals surface area (Å²) in [5.41, 5.74) is 11.6. The van der Waals surface area contributed by atoms with Crippen LogP contribution < -0.4 is 0 Å². The monoisotopic (exact) mass is 849 g/mol. The second kappa shape index (κ2) is 17.6. The van der Waals surface area contributed by atoms with E-state index in [-0.39, 0.29) is 5.56 Å². The first kappa shape index (κ1) is 40.4. The molecule has 0 amide bonds. The highest BCUT2D eigenvalue weighted by atomic mass is 35.5. The number of aromatic nitrogens is 9. The summed E-state index contributed by atoms with van der Waals surface area (Å²) in [6, 6.07) is 41.4. The van der Waals surface area contributed by atoms with Gasteiger partial charge in [0.2, 0.25) is 0 Å². The molecule has 7 aromatic heterocycles. The molecule has 7 heterocycles. The highest BCUT2D eigenvalue weighted by Gasteiger charge is 2.19. The molecule has 0 saturated carbocycles. The first-order valence-corrected chi connectivity index (χ1v) is 20.4. The number of H-pyrrole nitrogens is 2. The normalized spacial score (nSPS) is 11.1. The first-order valence-electron chi connectivity index (χ1n) is 20.0. The Balaban J connectivity index is 0.000000161. The van der Waals surface area contributed by atoms with E-state index in [0.29, 0.717) is 29.4 Å². The second-order valence-corrected chi connectivity index (χ2v) is 15.3. The number of fused-ring (bicyclic) bond motifs is 2. The van der Waals surface area contributed by atoms with Gasteiger partial charge in [-0.05, 0) is 104 Å². The number of nitrogens with one attached hydrogen (secondary N) is 2. The van der Waals surface area contributed by atoms with Gasteiger partial charge in [0.1, 0.15) is 22.6 Å². The fourth-order valence-electron chi connectivity index (χ4n) is 7.37. The molecule has 0 atom stereocenters. The summed E-state index contributed by atoms with van der Waals surface area (Å²) < 4.78 is 13.8. The summed E-state index contributed by atoms with van der Waals surface area (Å²) in [6.07, 6.45) is 4.42. The van der Waals surface area contributed by atoms with Crippen molar-refractivity contribution in [2.45, 2.75) is 26.7 Å². The van der Waals surface area contributed by atoms with Gasteiger partial charge in [-0.1, -0.05) is 60.1 Å². The van der Waals surface area contributed by atoms with Crippen LogP contribution in [0.3, 0.4) is 0 Å². The summed E-state index contributed by atoms with van der Waals surface area (Å²) in [7, 11) is 0. The van der Waals surface area contributed by atoms with E-state index >= 15 is 0 Å². The smallest absolute Gasteiger partial charge is 0.338 e. The maximum absolute atomic E-state index is 13.8. The zero-order valence-electron chi connectivity index (χ0n) is 34.0. The van der Waals surface area contributed by atoms with E-state index in [1.54, 1.807) is 24.5 Å². The van der Waals surface area contributed by atoms with Crippen molar-refractivity contribution in [3.8, 4) is 45.3 Å². The van der Waals surface area contributed by atoms with Crippen LogP contribution in [0.4, 0.5) is 4.39 Å². The molecule has 0 fully saturated rings. The summed E-state index contributed by atoms with van der Waals surface area (Å²) in [5.74, 6) is -0.633. The van der Waals surface area contributed by atoms with Crippen LogP contribution in [0.25, 0.3) is 67.1 Å². The maximum atomic E-state index is 13.8. The van der Waals surface area contributed by atoms with E-state index < -0.39 is 11.8 Å². The van der Waals surface area contributed by atoms with Crippen molar-refractivity contribution in [2.75, 3.05) is 0 Å². The maximum Gasteiger partial charge on any atom is 0.338 e. The number of aromatic amines is 2. The lowest BCUT2D eigenvalue weighted by molar-refractivity contribution is 0.0691. The number of aryl methyl sites for hydroxylation is 2. The number of carbonyl (C=O) groups is 1. The van der Waals surface area contributed by atoms with Crippen molar-refractivity contribution in [3.05, 3.63) is 197 Å². The zero-order chi connectivity index (χ0) is 43.5. The number of hydrogen-bond acceptors (Lipinski definition) is 8. The molecule has 0 bridgehead atoms. The van der Waals surface area contributed by atoms with Gasteiger partial charge in [-0.25, -0.2) is 24.1 Å². The quantitative estimate of drug-likeness (QED) is 0.120. The highest BCUT2D eigenvalue weighted by molar-refractivity contribution is 6.29. The Morgan fingerprint density at radius 3 is 1.70 bits per heavy atom. The molecule has 0 aliphatic rings. The van der Waals surface area contributed by atoms with Gasteiger partial charge in [0.15, 0.2) is 0 Å². The number of benzene rings is 3. The van der Waals surface area contributed by atoms with Gasteiger partial charge in [0.25, 0.3) is 0 Å². The van der Waals surface area contributed by atoms with E-state index in [4.69, 9.17) is 26.6 Å². The standard InChI is InChI=1S/C26H19FN4O2.C24H18ClN5/c1-15-4-2-6-22(29-15)25-24(18-8-10-21-17(14-18)5-3-11-28-21)30-23(31-25)13-16-7-9-20(27)19(12-16)26(32)33;1-15-5-2-8-20(27-15)24-23(17-10-11-19-16(13-17)6-4-12-26-19)29-22(30-24)14-18-7-3-9-21(25)28-18/h2-12,14H,13H2,1H3,(H,30,31)(H,32,33);2-13H,14H2,1H3,(H,29,30). The lowest BCUT2D eigenvalue weighted by atomic mass is 10.1. The van der Waals surface area contributed by atoms with Crippen molar-refractivity contribution in [3.63, 3.8) is 0 Å². The van der Waals surface area contributed by atoms with Crippen molar-refractivity contribution in [2.24, 2.45) is 0 Å². The molecule has 10 rings (SSSR count). The molecular formula is C50H37ClFN9O2. The minimum absolute atomic E-state index is 0.314. The predicted octanol–water partition coefficient (Wildman–Crippen LogP) is 11.1. The third-order valence-electron chi connectivity index (χ3n) is 10.3. The summed E-state index contributed by atoms with van der Waals surface area (Å²) in [5, 5.41) is 11.8. The molecule has 0 aliphatic carbocycles. The fourth-order valence-corrected chi connectivity index (χ4v) is 7.55. The van der Waals surface area contributed by atoms with Crippen LogP contribution in [0, 0.1) is 19.7 Å². The second-order valence-electron chi connectivity index (χ2n) is 14.9. The van der Waals surface area contributed by atoms with Crippen LogP contribution in [-0.4, -0.2) is 55.9 Å². The van der Waals surface area contributed by atoms with E-state index in [2.05, 4.69) is 42.0 Å². The van der Waals surface area contributed by atoms with Gasteiger partial charge in [0.05, 0.1) is 50.8 Å². The Morgan fingerprint density at radius 2 is 1.16 bits per heavy atom. The Morgan fingerprint density at radius 1 is 0.603 bits per heavy atom. The number of pyridine rings is 5. The molecule has 63 heavy (non-hydrogen) atoms. The van der Waals surface area contributed by atoms with E-state index in [1.807, 2.05) is 111 Å². The predicted molar refractivity (Wildman–Crippen MR) is 243 cm³/mol. The Hall–Kier alpha value is -7.96. The molecule has 3 N–H and O–H groups in total. The van der Waals surface area contributed by atoms with Gasteiger partial charge in [-0.15, -0.1) is 0 Å². The zero-order valence-corrected chi connectivity index (χ0v) is 34.8. The van der Waals surface area contributed by atoms with Gasteiger partial charge in [0, 0.05) is 64.2 Å². The minimum Gasteiger partial charge on any atom is -0.478 e. The Labute approximate surface area is 365 Å². The third kappa shape index (κ3) is 9.07. The number of halogens is 2. The van der Waals surface area contributed by atoms with E-state index in [0.717, 1.165) is 90.0 Å². The molecule has 0 radical (unpaired) electrons. The largest absolute Gasteiger partial charge is 0.478 e. The average Bonchev–Trinajstić information content (AvgIpc) is 3.92. The van der Waals surface area contributed by atoms with Crippen molar-refractivity contribution in [1.82, 2.24) is 44.9 Å². The van der Waals surface area contributed by atoms with Crippen LogP contribution in [0.1, 0.15) is 44.7 Å². The van der Waals surface area contributed by atoms with Crippen LogP contribution in [0.15, 0.2) is 146 Å². The summed E-state index contributed by atoms with van der Waals surface area (Å²) in [6.45, 7) is 3.91. The van der Waals surface area contributed by atoms with Crippen LogP contribution in [0.2, 0.25) is 5.15 Å². The summed E-state index contributed by atoms with van der Waals surface area (Å²) in [4.78, 5) is 50.4. The third-order valence-corrected chi connectivity index (χ3v) is 10.5. The first-order chi connectivity index (χ1) is 30.6. The van der Waals surface area contributed by atoms with Crippen molar-refractivity contribution in [1.29, 1.82) is 0 Å². The molecular weight excluding hydrogens is 813 g/mol. The van der Waals surface area contributed by atoms with Crippen molar-refractivity contribution >= 4 is 39.4 Å². The van der Waals surface area contributed by atoms with Gasteiger partial charge >= 0.3 is 5.97 Å². The molecule has 0 unspecified atom stereocenters. The van der Waals surface area contributed by atoms with Crippen LogP contribution in [0.5, 0.6) is 0 Å². The van der Waals surface area contributed by atoms with E-state index in [9.17, 15) is 14.3 Å². The summed E-state index contributed by atoms with van der Waals surface area (Å²) >= 11 is 6.05.